The van der Waals surface area contributed by atoms with Crippen LogP contribution in [-0.2, 0) is 14.8 Å². The minimum Gasteiger partial charge on any atom is -0.323 e. The molecule has 4 rings (SSSR count). The van der Waals surface area contributed by atoms with E-state index in [9.17, 15) is 13.2 Å². The molecule has 5 nitrogen and oxygen atoms in total. The van der Waals surface area contributed by atoms with Gasteiger partial charge in [-0.2, -0.15) is 0 Å². The molecular weight excluding hydrogens is 456 g/mol. The third kappa shape index (κ3) is 4.58. The van der Waals surface area contributed by atoms with Gasteiger partial charge in [0.15, 0.2) is 0 Å². The highest BCUT2D eigenvalue weighted by Gasteiger charge is 2.30. The summed E-state index contributed by atoms with van der Waals surface area (Å²) in [4.78, 5) is 13.2. The lowest BCUT2D eigenvalue weighted by molar-refractivity contribution is -0.114. The van der Waals surface area contributed by atoms with Gasteiger partial charge >= 0.3 is 0 Å². The Labute approximate surface area is 198 Å². The normalized spacial score (nSPS) is 11.4. The average Bonchev–Trinajstić information content (AvgIpc) is 2.80. The van der Waals surface area contributed by atoms with Crippen LogP contribution in [-0.4, -0.2) is 20.9 Å². The van der Waals surface area contributed by atoms with Gasteiger partial charge in [0, 0.05) is 5.39 Å². The minimum absolute atomic E-state index is 0.145. The predicted molar refractivity (Wildman–Crippen MR) is 134 cm³/mol. The molecule has 1 N–H and O–H groups in total. The first-order valence-corrected chi connectivity index (χ1v) is 12.2. The van der Waals surface area contributed by atoms with E-state index in [0.29, 0.717) is 21.8 Å². The van der Waals surface area contributed by atoms with Crippen LogP contribution in [0.15, 0.2) is 89.8 Å². The zero-order chi connectivity index (χ0) is 23.6. The molecule has 0 saturated carbocycles. The van der Waals surface area contributed by atoms with E-state index in [1.807, 2.05) is 38.1 Å². The van der Waals surface area contributed by atoms with E-state index in [2.05, 4.69) is 5.32 Å². The van der Waals surface area contributed by atoms with Crippen LogP contribution in [0.1, 0.15) is 11.1 Å². The first-order valence-electron chi connectivity index (χ1n) is 10.4. The van der Waals surface area contributed by atoms with E-state index in [1.54, 1.807) is 60.7 Å². The van der Waals surface area contributed by atoms with Crippen LogP contribution < -0.4 is 9.62 Å². The number of para-hydroxylation sites is 1. The second kappa shape index (κ2) is 9.25. The molecule has 0 bridgehead atoms. The number of anilines is 2. The fourth-order valence-corrected chi connectivity index (χ4v) is 5.61. The second-order valence-corrected chi connectivity index (χ2v) is 9.97. The standard InChI is InChI=1S/C26H23ClN2O3S/c1-18-9-7-15-24(19(18)2)29(17-26(30)28-23-14-6-5-13-22(23)27)33(31,32)25-16-8-11-20-10-3-4-12-21(20)25/h3-16H,17H2,1-2H3,(H,28,30). The van der Waals surface area contributed by atoms with E-state index >= 15 is 0 Å². The van der Waals surface area contributed by atoms with Crippen molar-refractivity contribution in [3.63, 3.8) is 0 Å². The third-order valence-corrected chi connectivity index (χ3v) is 7.75. The Bertz CT molecular complexity index is 1450. The third-order valence-electron chi connectivity index (χ3n) is 5.60. The van der Waals surface area contributed by atoms with E-state index in [0.717, 1.165) is 16.5 Å². The van der Waals surface area contributed by atoms with Crippen molar-refractivity contribution in [3.8, 4) is 0 Å². The number of rotatable bonds is 6. The molecule has 0 radical (unpaired) electrons. The largest absolute Gasteiger partial charge is 0.323 e. The maximum atomic E-state index is 14.0. The number of nitrogens with one attached hydrogen (secondary N) is 1. The van der Waals surface area contributed by atoms with Crippen LogP contribution in [0.3, 0.4) is 0 Å². The zero-order valence-corrected chi connectivity index (χ0v) is 19.8. The van der Waals surface area contributed by atoms with Gasteiger partial charge in [-0.05, 0) is 54.6 Å². The van der Waals surface area contributed by atoms with Crippen LogP contribution >= 0.6 is 11.6 Å². The Morgan fingerprint density at radius 2 is 1.55 bits per heavy atom. The van der Waals surface area contributed by atoms with Crippen molar-refractivity contribution in [2.24, 2.45) is 0 Å². The quantitative estimate of drug-likeness (QED) is 0.372. The SMILES string of the molecule is Cc1cccc(N(CC(=O)Nc2ccccc2Cl)S(=O)(=O)c2cccc3ccccc23)c1C. The Kier molecular flexibility index (Phi) is 6.40. The molecule has 0 aliphatic carbocycles. The summed E-state index contributed by atoms with van der Waals surface area (Å²) >= 11 is 6.17. The molecule has 0 atom stereocenters. The molecule has 0 saturated heterocycles. The Hall–Kier alpha value is -3.35. The summed E-state index contributed by atoms with van der Waals surface area (Å²) in [6.45, 7) is 3.36. The van der Waals surface area contributed by atoms with Crippen LogP contribution in [0, 0.1) is 13.8 Å². The molecule has 0 fully saturated rings. The summed E-state index contributed by atoms with van der Waals surface area (Å²) in [7, 11) is -4.08. The molecule has 0 aliphatic heterocycles. The van der Waals surface area contributed by atoms with Crippen LogP contribution in [0.4, 0.5) is 11.4 Å². The summed E-state index contributed by atoms with van der Waals surface area (Å²) in [5.41, 5.74) is 2.59. The van der Waals surface area contributed by atoms with Gasteiger partial charge in [0.25, 0.3) is 10.0 Å². The molecule has 0 unspecified atom stereocenters. The number of halogens is 1. The molecular formula is C26H23ClN2O3S. The summed E-state index contributed by atoms with van der Waals surface area (Å²) in [6, 6.07) is 24.7. The summed E-state index contributed by atoms with van der Waals surface area (Å²) in [5.74, 6) is -0.493. The van der Waals surface area contributed by atoms with Crippen molar-refractivity contribution in [1.82, 2.24) is 0 Å². The topological polar surface area (TPSA) is 66.5 Å². The van der Waals surface area contributed by atoms with Gasteiger partial charge in [0.1, 0.15) is 6.54 Å². The van der Waals surface area contributed by atoms with Crippen LogP contribution in [0.5, 0.6) is 0 Å². The van der Waals surface area contributed by atoms with Gasteiger partial charge in [-0.3, -0.25) is 9.10 Å². The maximum absolute atomic E-state index is 14.0. The Morgan fingerprint density at radius 1 is 0.879 bits per heavy atom. The van der Waals surface area contributed by atoms with Crippen LogP contribution in [0.25, 0.3) is 10.8 Å². The molecule has 1 amide bonds. The highest BCUT2D eigenvalue weighted by atomic mass is 35.5. The highest BCUT2D eigenvalue weighted by Crippen LogP contribution is 2.32. The predicted octanol–water partition coefficient (Wildman–Crippen LogP) is 5.94. The lowest BCUT2D eigenvalue weighted by atomic mass is 10.1. The van der Waals surface area contributed by atoms with Gasteiger partial charge in [-0.25, -0.2) is 8.42 Å². The Balaban J connectivity index is 1.81. The molecule has 4 aromatic rings. The highest BCUT2D eigenvalue weighted by molar-refractivity contribution is 7.93. The fourth-order valence-electron chi connectivity index (χ4n) is 3.73. The van der Waals surface area contributed by atoms with Crippen molar-refractivity contribution in [2.75, 3.05) is 16.2 Å². The van der Waals surface area contributed by atoms with E-state index in [-0.39, 0.29) is 4.90 Å². The molecule has 0 aromatic heterocycles. The number of sulfonamides is 1. The molecule has 0 heterocycles. The van der Waals surface area contributed by atoms with Gasteiger partial charge < -0.3 is 5.32 Å². The van der Waals surface area contributed by atoms with E-state index < -0.39 is 22.5 Å². The summed E-state index contributed by atoms with van der Waals surface area (Å²) < 4.78 is 29.1. The monoisotopic (exact) mass is 478 g/mol. The van der Waals surface area contributed by atoms with Gasteiger partial charge in [-0.15, -0.1) is 0 Å². The van der Waals surface area contributed by atoms with Crippen LogP contribution in [0.2, 0.25) is 5.02 Å². The lowest BCUT2D eigenvalue weighted by Gasteiger charge is -2.27. The number of amides is 1. The number of carbonyl (C=O) groups is 1. The van der Waals surface area contributed by atoms with E-state index in [1.165, 1.54) is 4.31 Å². The average molecular weight is 479 g/mol. The Morgan fingerprint density at radius 3 is 2.33 bits per heavy atom. The molecule has 7 heteroatoms. The summed E-state index contributed by atoms with van der Waals surface area (Å²) in [6.07, 6.45) is 0. The summed E-state index contributed by atoms with van der Waals surface area (Å²) in [5, 5.41) is 4.51. The maximum Gasteiger partial charge on any atom is 0.265 e. The lowest BCUT2D eigenvalue weighted by Crippen LogP contribution is -2.38. The smallest absolute Gasteiger partial charge is 0.265 e. The molecule has 0 spiro atoms. The number of hydrogen-bond donors (Lipinski definition) is 1. The van der Waals surface area contributed by atoms with Crippen molar-refractivity contribution < 1.29 is 13.2 Å². The van der Waals surface area contributed by atoms with Gasteiger partial charge in [-0.1, -0.05) is 72.3 Å². The van der Waals surface area contributed by atoms with Crippen molar-refractivity contribution >= 4 is 49.7 Å². The number of hydrogen-bond acceptors (Lipinski definition) is 3. The van der Waals surface area contributed by atoms with Gasteiger partial charge in [0.05, 0.1) is 21.3 Å². The minimum atomic E-state index is -4.08. The van der Waals surface area contributed by atoms with Gasteiger partial charge in [0.2, 0.25) is 5.91 Å². The van der Waals surface area contributed by atoms with E-state index in [4.69, 9.17) is 11.6 Å². The molecule has 4 aromatic carbocycles. The molecule has 168 valence electrons. The number of benzene rings is 4. The number of carbonyl (C=O) groups excluding carboxylic acids is 1. The molecule has 33 heavy (non-hydrogen) atoms. The first-order chi connectivity index (χ1) is 15.8. The first kappa shape index (κ1) is 22.8. The van der Waals surface area contributed by atoms with Crippen molar-refractivity contribution in [2.45, 2.75) is 18.7 Å². The number of nitrogens with zero attached hydrogens (tertiary/aromatic N) is 1. The number of aryl methyl sites for hydroxylation is 1. The fraction of sp³-hybridized carbons (Fsp3) is 0.115. The second-order valence-electron chi connectivity index (χ2n) is 7.74. The molecule has 0 aliphatic rings. The number of fused-ring (bicyclic) bond motifs is 1. The van der Waals surface area contributed by atoms with Crippen molar-refractivity contribution in [1.29, 1.82) is 0 Å². The van der Waals surface area contributed by atoms with Crippen molar-refractivity contribution in [3.05, 3.63) is 101 Å². The zero-order valence-electron chi connectivity index (χ0n) is 18.2.